The van der Waals surface area contributed by atoms with Gasteiger partial charge in [0.1, 0.15) is 5.82 Å². The van der Waals surface area contributed by atoms with Crippen LogP contribution in [0.5, 0.6) is 0 Å². The van der Waals surface area contributed by atoms with Gasteiger partial charge in [0, 0.05) is 18.5 Å². The summed E-state index contributed by atoms with van der Waals surface area (Å²) in [4.78, 5) is 29.8. The van der Waals surface area contributed by atoms with Crippen LogP contribution in [0.3, 0.4) is 0 Å². The van der Waals surface area contributed by atoms with E-state index >= 15 is 0 Å². The molecule has 156 valence electrons. The van der Waals surface area contributed by atoms with E-state index in [9.17, 15) is 9.59 Å². The van der Waals surface area contributed by atoms with Crippen LogP contribution in [0, 0.1) is 0 Å². The maximum atomic E-state index is 12.8. The Kier molecular flexibility index (Phi) is 6.43. The first-order chi connectivity index (χ1) is 15.1. The summed E-state index contributed by atoms with van der Waals surface area (Å²) in [5.41, 5.74) is 2.93. The van der Waals surface area contributed by atoms with E-state index in [0.717, 1.165) is 16.9 Å². The van der Waals surface area contributed by atoms with Gasteiger partial charge in [0.25, 0.3) is 5.91 Å². The number of para-hydroxylation sites is 2. The van der Waals surface area contributed by atoms with Crippen LogP contribution in [0.15, 0.2) is 78.9 Å². The molecule has 0 aliphatic carbocycles. The van der Waals surface area contributed by atoms with Crippen LogP contribution < -0.4 is 5.32 Å². The number of rotatable bonds is 8. The van der Waals surface area contributed by atoms with Crippen LogP contribution in [0.1, 0.15) is 33.0 Å². The number of amides is 1. The van der Waals surface area contributed by atoms with Gasteiger partial charge in [-0.2, -0.15) is 0 Å². The molecule has 0 radical (unpaired) electrons. The Bertz CT molecular complexity index is 1220. The number of benzene rings is 3. The zero-order valence-electron chi connectivity index (χ0n) is 16.9. The van der Waals surface area contributed by atoms with E-state index in [4.69, 9.17) is 16.6 Å². The number of fused-ring (bicyclic) bond motifs is 1. The second-order valence-corrected chi connectivity index (χ2v) is 7.64. The first kappa shape index (κ1) is 20.8. The number of nitrogens with one attached hydrogen (secondary N) is 1. The molecule has 1 amide bonds. The van der Waals surface area contributed by atoms with Gasteiger partial charge in [-0.3, -0.25) is 9.59 Å². The lowest BCUT2D eigenvalue weighted by Gasteiger charge is -2.10. The Morgan fingerprint density at radius 1 is 0.903 bits per heavy atom. The molecule has 0 fully saturated rings. The van der Waals surface area contributed by atoms with Crippen molar-refractivity contribution in [2.75, 3.05) is 6.54 Å². The Morgan fingerprint density at radius 2 is 1.61 bits per heavy atom. The third-order valence-electron chi connectivity index (χ3n) is 5.11. The number of hydrogen-bond acceptors (Lipinski definition) is 3. The van der Waals surface area contributed by atoms with Crippen molar-refractivity contribution in [1.82, 2.24) is 14.9 Å². The number of hydrogen-bond donors (Lipinski definition) is 1. The summed E-state index contributed by atoms with van der Waals surface area (Å²) < 4.78 is 1.97. The third-order valence-corrected chi connectivity index (χ3v) is 5.44. The van der Waals surface area contributed by atoms with Crippen LogP contribution in [0.2, 0.25) is 5.02 Å². The Balaban J connectivity index is 1.45. The molecular formula is C25H22ClN3O2. The van der Waals surface area contributed by atoms with Crippen LogP contribution >= 0.6 is 11.6 Å². The predicted molar refractivity (Wildman–Crippen MR) is 123 cm³/mol. The quantitative estimate of drug-likeness (QED) is 0.317. The number of ketones is 1. The monoisotopic (exact) mass is 431 g/mol. The van der Waals surface area contributed by atoms with Crippen molar-refractivity contribution in [2.24, 2.45) is 0 Å². The number of aromatic nitrogens is 2. The topological polar surface area (TPSA) is 64.0 Å². The molecule has 1 heterocycles. The standard InChI is InChI=1S/C25H22ClN3O2/c26-20-12-5-4-11-19(20)25(31)27-16-8-15-24-28-21-13-6-7-14-22(21)29(24)17-23(30)18-9-2-1-3-10-18/h1-7,9-14H,8,15-17H2,(H,27,31). The number of halogens is 1. The molecule has 1 aromatic heterocycles. The Labute approximate surface area is 185 Å². The van der Waals surface area contributed by atoms with Gasteiger partial charge in [0.15, 0.2) is 5.78 Å². The van der Waals surface area contributed by atoms with Gasteiger partial charge in [-0.1, -0.05) is 66.2 Å². The molecule has 5 nitrogen and oxygen atoms in total. The van der Waals surface area contributed by atoms with E-state index < -0.39 is 0 Å². The molecule has 3 aromatic carbocycles. The summed E-state index contributed by atoms with van der Waals surface area (Å²) in [5, 5.41) is 3.33. The van der Waals surface area contributed by atoms with Crippen molar-refractivity contribution in [2.45, 2.75) is 19.4 Å². The van der Waals surface area contributed by atoms with Crippen molar-refractivity contribution in [3.05, 3.63) is 101 Å². The van der Waals surface area contributed by atoms with Gasteiger partial charge in [-0.05, 0) is 30.7 Å². The average Bonchev–Trinajstić information content (AvgIpc) is 3.14. The SMILES string of the molecule is O=C(Cn1c(CCCNC(=O)c2ccccc2Cl)nc2ccccc21)c1ccccc1. The minimum Gasteiger partial charge on any atom is -0.352 e. The molecule has 1 N–H and O–H groups in total. The third kappa shape index (κ3) is 4.84. The highest BCUT2D eigenvalue weighted by Crippen LogP contribution is 2.18. The summed E-state index contributed by atoms with van der Waals surface area (Å²) in [6.07, 6.45) is 1.33. The van der Waals surface area contributed by atoms with E-state index in [1.54, 1.807) is 24.3 Å². The molecule has 0 unspecified atom stereocenters. The number of carbonyl (C=O) groups is 2. The van der Waals surface area contributed by atoms with E-state index in [-0.39, 0.29) is 18.2 Å². The highest BCUT2D eigenvalue weighted by Gasteiger charge is 2.15. The first-order valence-corrected chi connectivity index (χ1v) is 10.6. The van der Waals surface area contributed by atoms with E-state index in [0.29, 0.717) is 35.5 Å². The summed E-state index contributed by atoms with van der Waals surface area (Å²) >= 11 is 6.09. The number of aryl methyl sites for hydroxylation is 1. The van der Waals surface area contributed by atoms with Crippen molar-refractivity contribution in [1.29, 1.82) is 0 Å². The molecule has 31 heavy (non-hydrogen) atoms. The molecule has 6 heteroatoms. The molecule has 4 rings (SSSR count). The maximum absolute atomic E-state index is 12.8. The molecule has 0 saturated heterocycles. The minimum absolute atomic E-state index is 0.0389. The Morgan fingerprint density at radius 3 is 2.42 bits per heavy atom. The summed E-state index contributed by atoms with van der Waals surface area (Å²) in [6.45, 7) is 0.714. The molecule has 0 atom stereocenters. The fourth-order valence-corrected chi connectivity index (χ4v) is 3.76. The fraction of sp³-hybridized carbons (Fsp3) is 0.160. The number of nitrogens with zero attached hydrogens (tertiary/aromatic N) is 2. The number of imidazole rings is 1. The summed E-state index contributed by atoms with van der Waals surface area (Å²) in [7, 11) is 0. The van der Waals surface area contributed by atoms with Gasteiger partial charge < -0.3 is 9.88 Å². The normalized spacial score (nSPS) is 10.9. The fourth-order valence-electron chi connectivity index (χ4n) is 3.54. The lowest BCUT2D eigenvalue weighted by atomic mass is 10.1. The van der Waals surface area contributed by atoms with Crippen molar-refractivity contribution in [3.8, 4) is 0 Å². The number of carbonyl (C=O) groups excluding carboxylic acids is 2. The molecule has 0 saturated carbocycles. The highest BCUT2D eigenvalue weighted by atomic mass is 35.5. The number of Topliss-reactive ketones (excluding diaryl/α,β-unsaturated/α-hetero) is 1. The van der Waals surface area contributed by atoms with E-state index in [1.807, 2.05) is 59.2 Å². The first-order valence-electron chi connectivity index (χ1n) is 10.2. The average molecular weight is 432 g/mol. The van der Waals surface area contributed by atoms with Crippen LogP contribution in [0.25, 0.3) is 11.0 Å². The zero-order chi connectivity index (χ0) is 21.6. The van der Waals surface area contributed by atoms with Crippen LogP contribution in [-0.4, -0.2) is 27.8 Å². The second-order valence-electron chi connectivity index (χ2n) is 7.23. The smallest absolute Gasteiger partial charge is 0.252 e. The van der Waals surface area contributed by atoms with Crippen molar-refractivity contribution >= 4 is 34.3 Å². The van der Waals surface area contributed by atoms with Gasteiger partial charge in [-0.25, -0.2) is 4.98 Å². The molecule has 0 spiro atoms. The molecule has 0 bridgehead atoms. The lowest BCUT2D eigenvalue weighted by molar-refractivity contribution is 0.0951. The predicted octanol–water partition coefficient (Wildman–Crippen LogP) is 4.94. The highest BCUT2D eigenvalue weighted by molar-refractivity contribution is 6.33. The molecule has 4 aromatic rings. The van der Waals surface area contributed by atoms with E-state index in [1.165, 1.54) is 0 Å². The van der Waals surface area contributed by atoms with Gasteiger partial charge in [-0.15, -0.1) is 0 Å². The summed E-state index contributed by atoms with van der Waals surface area (Å²) in [5.74, 6) is 0.674. The minimum atomic E-state index is -0.196. The van der Waals surface area contributed by atoms with Gasteiger partial charge >= 0.3 is 0 Å². The maximum Gasteiger partial charge on any atom is 0.252 e. The van der Waals surface area contributed by atoms with Gasteiger partial charge in [0.2, 0.25) is 0 Å². The molecular weight excluding hydrogens is 410 g/mol. The molecule has 0 aliphatic heterocycles. The lowest BCUT2D eigenvalue weighted by Crippen LogP contribution is -2.25. The van der Waals surface area contributed by atoms with Crippen molar-refractivity contribution < 1.29 is 9.59 Å². The van der Waals surface area contributed by atoms with Crippen molar-refractivity contribution in [3.63, 3.8) is 0 Å². The molecule has 0 aliphatic rings. The Hall–Kier alpha value is -3.44. The summed E-state index contributed by atoms with van der Waals surface area (Å²) in [6, 6.07) is 24.0. The largest absolute Gasteiger partial charge is 0.352 e. The second kappa shape index (κ2) is 9.58. The van der Waals surface area contributed by atoms with E-state index in [2.05, 4.69) is 5.32 Å². The van der Waals surface area contributed by atoms with Gasteiger partial charge in [0.05, 0.1) is 28.2 Å². The van der Waals surface area contributed by atoms with Crippen LogP contribution in [0.4, 0.5) is 0 Å². The zero-order valence-corrected chi connectivity index (χ0v) is 17.7. The van der Waals surface area contributed by atoms with Crippen LogP contribution in [-0.2, 0) is 13.0 Å².